The van der Waals surface area contributed by atoms with Gasteiger partial charge in [0.1, 0.15) is 12.4 Å². The molecule has 1 unspecified atom stereocenters. The third-order valence-corrected chi connectivity index (χ3v) is 4.99. The Kier molecular flexibility index (Phi) is 6.13. The molecule has 1 aliphatic heterocycles. The predicted molar refractivity (Wildman–Crippen MR) is 103 cm³/mol. The number of carbonyl (C=O) groups is 3. The maximum atomic E-state index is 13.2. The van der Waals surface area contributed by atoms with E-state index in [1.165, 1.54) is 17.4 Å². The van der Waals surface area contributed by atoms with Gasteiger partial charge in [-0.15, -0.1) is 11.3 Å². The highest BCUT2D eigenvalue weighted by Gasteiger charge is 2.34. The average molecular weight is 419 g/mol. The summed E-state index contributed by atoms with van der Waals surface area (Å²) in [5, 5.41) is 6.97. The van der Waals surface area contributed by atoms with Gasteiger partial charge in [0.2, 0.25) is 0 Å². The maximum Gasteiger partial charge on any atom is 0.340 e. The number of esters is 2. The molecule has 1 aromatic carbocycles. The summed E-state index contributed by atoms with van der Waals surface area (Å²) < 4.78 is 23.5. The Hall–Kier alpha value is -3.40. The summed E-state index contributed by atoms with van der Waals surface area (Å²) in [5.74, 6) is -2.06. The number of nitrogens with two attached hydrogens (primary N) is 1. The quantitative estimate of drug-likeness (QED) is 0.489. The lowest BCUT2D eigenvalue weighted by molar-refractivity contribution is -0.139. The van der Waals surface area contributed by atoms with Gasteiger partial charge in [0.15, 0.2) is 0 Å². The van der Waals surface area contributed by atoms with E-state index < -0.39 is 36.4 Å². The number of benzene rings is 1. The Morgan fingerprint density at radius 1 is 1.24 bits per heavy atom. The summed E-state index contributed by atoms with van der Waals surface area (Å²) in [4.78, 5) is 37.7. The molecule has 4 N–H and O–H groups in total. The SMILES string of the molecule is CCOC(=O)C1=C(COC(=O)c2ccc(F)cc2N)NC(=O)NC1c1cccs1. The molecule has 2 aromatic rings. The van der Waals surface area contributed by atoms with E-state index in [0.717, 1.165) is 17.0 Å². The number of amides is 2. The van der Waals surface area contributed by atoms with Crippen molar-refractivity contribution in [3.05, 3.63) is 63.2 Å². The van der Waals surface area contributed by atoms with Crippen molar-refractivity contribution in [2.45, 2.75) is 13.0 Å². The van der Waals surface area contributed by atoms with E-state index in [-0.39, 0.29) is 29.1 Å². The lowest BCUT2D eigenvalue weighted by Crippen LogP contribution is -2.46. The monoisotopic (exact) mass is 419 g/mol. The molecule has 2 heterocycles. The van der Waals surface area contributed by atoms with Gasteiger partial charge >= 0.3 is 18.0 Å². The van der Waals surface area contributed by atoms with Crippen LogP contribution >= 0.6 is 11.3 Å². The van der Waals surface area contributed by atoms with Crippen LogP contribution in [0.5, 0.6) is 0 Å². The fourth-order valence-corrected chi connectivity index (χ4v) is 3.57. The molecule has 10 heteroatoms. The molecule has 0 spiro atoms. The van der Waals surface area contributed by atoms with E-state index >= 15 is 0 Å². The summed E-state index contributed by atoms with van der Waals surface area (Å²) in [7, 11) is 0. The number of hydrogen-bond donors (Lipinski definition) is 3. The molecule has 152 valence electrons. The van der Waals surface area contributed by atoms with E-state index in [9.17, 15) is 18.8 Å². The van der Waals surface area contributed by atoms with Crippen LogP contribution in [0.1, 0.15) is 28.2 Å². The smallest absolute Gasteiger partial charge is 0.340 e. The first-order chi connectivity index (χ1) is 13.9. The number of ether oxygens (including phenoxy) is 2. The van der Waals surface area contributed by atoms with Crippen LogP contribution in [0.3, 0.4) is 0 Å². The zero-order chi connectivity index (χ0) is 21.0. The topological polar surface area (TPSA) is 120 Å². The van der Waals surface area contributed by atoms with Crippen LogP contribution in [-0.2, 0) is 14.3 Å². The Bertz CT molecular complexity index is 974. The third kappa shape index (κ3) is 4.54. The molecule has 0 radical (unpaired) electrons. The summed E-state index contributed by atoms with van der Waals surface area (Å²) in [6.07, 6.45) is 0. The lowest BCUT2D eigenvalue weighted by atomic mass is 10.0. The summed E-state index contributed by atoms with van der Waals surface area (Å²) in [6.45, 7) is 1.39. The Balaban J connectivity index is 1.89. The van der Waals surface area contributed by atoms with Crippen molar-refractivity contribution in [3.63, 3.8) is 0 Å². The van der Waals surface area contributed by atoms with Gasteiger partial charge in [-0.25, -0.2) is 18.8 Å². The molecule has 2 amide bonds. The van der Waals surface area contributed by atoms with Crippen molar-refractivity contribution in [2.75, 3.05) is 18.9 Å². The summed E-state index contributed by atoms with van der Waals surface area (Å²) in [5.41, 5.74) is 5.77. The largest absolute Gasteiger partial charge is 0.463 e. The Morgan fingerprint density at radius 2 is 2.03 bits per heavy atom. The van der Waals surface area contributed by atoms with E-state index in [4.69, 9.17) is 15.2 Å². The molecule has 1 aliphatic rings. The van der Waals surface area contributed by atoms with Crippen molar-refractivity contribution in [1.82, 2.24) is 10.6 Å². The van der Waals surface area contributed by atoms with E-state index in [0.29, 0.717) is 0 Å². The van der Waals surface area contributed by atoms with Crippen LogP contribution in [0.2, 0.25) is 0 Å². The number of hydrogen-bond acceptors (Lipinski definition) is 7. The minimum atomic E-state index is -0.821. The highest BCUT2D eigenvalue weighted by Crippen LogP contribution is 2.30. The second-order valence-corrected chi connectivity index (χ2v) is 6.95. The number of rotatable bonds is 6. The first kappa shape index (κ1) is 20.3. The van der Waals surface area contributed by atoms with Gasteiger partial charge in [0.05, 0.1) is 29.5 Å². The van der Waals surface area contributed by atoms with Crippen molar-refractivity contribution >= 4 is 35.0 Å². The predicted octanol–water partition coefficient (Wildman–Crippen LogP) is 2.50. The van der Waals surface area contributed by atoms with E-state index in [2.05, 4.69) is 10.6 Å². The van der Waals surface area contributed by atoms with Gasteiger partial charge in [-0.2, -0.15) is 0 Å². The molecule has 0 saturated heterocycles. The molecule has 0 fully saturated rings. The van der Waals surface area contributed by atoms with Crippen LogP contribution in [0.4, 0.5) is 14.9 Å². The van der Waals surface area contributed by atoms with Gasteiger partial charge in [-0.05, 0) is 36.6 Å². The van der Waals surface area contributed by atoms with E-state index in [1.807, 2.05) is 5.38 Å². The van der Waals surface area contributed by atoms with Gasteiger partial charge < -0.3 is 25.8 Å². The van der Waals surface area contributed by atoms with E-state index in [1.54, 1.807) is 19.1 Å². The van der Waals surface area contributed by atoms with Crippen LogP contribution in [-0.4, -0.2) is 31.2 Å². The number of thiophene rings is 1. The highest BCUT2D eigenvalue weighted by molar-refractivity contribution is 7.10. The lowest BCUT2D eigenvalue weighted by Gasteiger charge is -2.28. The number of halogens is 1. The zero-order valence-corrected chi connectivity index (χ0v) is 16.2. The molecular formula is C19H18FN3O5S. The number of anilines is 1. The van der Waals surface area contributed by atoms with Crippen LogP contribution in [0, 0.1) is 5.82 Å². The van der Waals surface area contributed by atoms with Crippen molar-refractivity contribution < 1.29 is 28.2 Å². The number of nitrogens with one attached hydrogen (secondary N) is 2. The molecule has 29 heavy (non-hydrogen) atoms. The van der Waals surface area contributed by atoms with Gasteiger partial charge in [-0.1, -0.05) is 6.07 Å². The standard InChI is InChI=1S/C19H18FN3O5S/c1-2-27-18(25)15-13(22-19(26)23-16(15)14-4-3-7-29-14)9-28-17(24)11-6-5-10(20)8-12(11)21/h3-8,16H,2,9,21H2,1H3,(H2,22,23,26). The Labute approximate surface area is 169 Å². The average Bonchev–Trinajstić information content (AvgIpc) is 3.20. The molecule has 3 rings (SSSR count). The number of urea groups is 1. The van der Waals surface area contributed by atoms with Crippen LogP contribution < -0.4 is 16.4 Å². The molecule has 1 aromatic heterocycles. The molecule has 1 atom stereocenters. The van der Waals surface area contributed by atoms with Crippen LogP contribution in [0.15, 0.2) is 47.0 Å². The number of carbonyl (C=O) groups excluding carboxylic acids is 3. The van der Waals surface area contributed by atoms with Crippen molar-refractivity contribution in [2.24, 2.45) is 0 Å². The fourth-order valence-electron chi connectivity index (χ4n) is 2.79. The summed E-state index contributed by atoms with van der Waals surface area (Å²) >= 11 is 1.35. The molecule has 0 aliphatic carbocycles. The second-order valence-electron chi connectivity index (χ2n) is 5.97. The summed E-state index contributed by atoms with van der Waals surface area (Å²) in [6, 6.07) is 5.53. The maximum absolute atomic E-state index is 13.2. The van der Waals surface area contributed by atoms with Gasteiger partial charge in [0, 0.05) is 10.6 Å². The van der Waals surface area contributed by atoms with Crippen molar-refractivity contribution in [1.29, 1.82) is 0 Å². The normalized spacial score (nSPS) is 16.1. The van der Waals surface area contributed by atoms with Gasteiger partial charge in [-0.3, -0.25) is 0 Å². The second kappa shape index (κ2) is 8.74. The third-order valence-electron chi connectivity index (χ3n) is 4.06. The molecule has 0 bridgehead atoms. The zero-order valence-electron chi connectivity index (χ0n) is 15.4. The Morgan fingerprint density at radius 3 is 2.69 bits per heavy atom. The highest BCUT2D eigenvalue weighted by atomic mass is 32.1. The minimum absolute atomic E-state index is 0.0280. The number of nitrogen functional groups attached to an aromatic ring is 1. The molecule has 8 nitrogen and oxygen atoms in total. The molecule has 0 saturated carbocycles. The molecular weight excluding hydrogens is 401 g/mol. The van der Waals surface area contributed by atoms with Crippen molar-refractivity contribution in [3.8, 4) is 0 Å². The first-order valence-electron chi connectivity index (χ1n) is 8.64. The minimum Gasteiger partial charge on any atom is -0.463 e. The first-order valence-corrected chi connectivity index (χ1v) is 9.52. The fraction of sp³-hybridized carbons (Fsp3) is 0.211. The van der Waals surface area contributed by atoms with Crippen LogP contribution in [0.25, 0.3) is 0 Å². The van der Waals surface area contributed by atoms with Gasteiger partial charge in [0.25, 0.3) is 0 Å².